The summed E-state index contributed by atoms with van der Waals surface area (Å²) in [5.74, 6) is 0.390. The molecule has 76 valence electrons. The standard InChI is InChI=1S/C10H13NO3/c1-14-10(13)7-4-2-5-6(3-4)11-9(12)8(5)7/h4-8H,2-3H2,1H3,(H,11,12). The van der Waals surface area contributed by atoms with Crippen molar-refractivity contribution >= 4 is 11.9 Å². The second-order valence-corrected chi connectivity index (χ2v) is 4.59. The minimum Gasteiger partial charge on any atom is -0.469 e. The third-order valence-electron chi connectivity index (χ3n) is 4.11. The van der Waals surface area contributed by atoms with Gasteiger partial charge in [-0.1, -0.05) is 0 Å². The summed E-state index contributed by atoms with van der Waals surface area (Å²) >= 11 is 0. The summed E-state index contributed by atoms with van der Waals surface area (Å²) in [6, 6.07) is 0.346. The number of hydrogen-bond donors (Lipinski definition) is 1. The van der Waals surface area contributed by atoms with Crippen LogP contribution in [0.5, 0.6) is 0 Å². The highest BCUT2D eigenvalue weighted by Gasteiger charge is 2.62. The maximum absolute atomic E-state index is 11.6. The van der Waals surface area contributed by atoms with Gasteiger partial charge in [0.05, 0.1) is 18.9 Å². The molecule has 3 aliphatic rings. The highest BCUT2D eigenvalue weighted by molar-refractivity contribution is 5.89. The molecule has 14 heavy (non-hydrogen) atoms. The summed E-state index contributed by atoms with van der Waals surface area (Å²) in [7, 11) is 1.40. The van der Waals surface area contributed by atoms with E-state index in [-0.39, 0.29) is 23.7 Å². The minimum atomic E-state index is -0.196. The smallest absolute Gasteiger partial charge is 0.309 e. The lowest BCUT2D eigenvalue weighted by molar-refractivity contribution is -0.150. The van der Waals surface area contributed by atoms with Gasteiger partial charge in [-0.3, -0.25) is 9.59 Å². The van der Waals surface area contributed by atoms with E-state index in [1.165, 1.54) is 7.11 Å². The van der Waals surface area contributed by atoms with Gasteiger partial charge >= 0.3 is 5.97 Å². The Morgan fingerprint density at radius 3 is 3.00 bits per heavy atom. The highest BCUT2D eigenvalue weighted by atomic mass is 16.5. The van der Waals surface area contributed by atoms with Gasteiger partial charge in [0.1, 0.15) is 0 Å². The van der Waals surface area contributed by atoms with Crippen molar-refractivity contribution in [1.82, 2.24) is 5.32 Å². The van der Waals surface area contributed by atoms with Gasteiger partial charge in [0, 0.05) is 6.04 Å². The molecule has 0 spiro atoms. The van der Waals surface area contributed by atoms with Crippen LogP contribution in [0.1, 0.15) is 12.8 Å². The van der Waals surface area contributed by atoms with Gasteiger partial charge in [0.25, 0.3) is 0 Å². The van der Waals surface area contributed by atoms with Crippen LogP contribution in [-0.2, 0) is 14.3 Å². The molecule has 5 atom stereocenters. The topological polar surface area (TPSA) is 55.4 Å². The number of amides is 1. The number of carbonyl (C=O) groups is 2. The number of rotatable bonds is 1. The van der Waals surface area contributed by atoms with E-state index in [2.05, 4.69) is 5.32 Å². The molecule has 3 fully saturated rings. The predicted molar refractivity (Wildman–Crippen MR) is 47.1 cm³/mol. The van der Waals surface area contributed by atoms with E-state index in [0.29, 0.717) is 17.9 Å². The van der Waals surface area contributed by atoms with Gasteiger partial charge in [0.15, 0.2) is 0 Å². The molecule has 0 aromatic heterocycles. The second-order valence-electron chi connectivity index (χ2n) is 4.59. The van der Waals surface area contributed by atoms with Crippen molar-refractivity contribution in [1.29, 1.82) is 0 Å². The third-order valence-corrected chi connectivity index (χ3v) is 4.11. The van der Waals surface area contributed by atoms with Crippen LogP contribution >= 0.6 is 0 Å². The maximum Gasteiger partial charge on any atom is 0.309 e. The van der Waals surface area contributed by atoms with E-state index in [0.717, 1.165) is 12.8 Å². The van der Waals surface area contributed by atoms with Crippen LogP contribution in [0.15, 0.2) is 0 Å². The molecule has 2 aliphatic carbocycles. The summed E-state index contributed by atoms with van der Waals surface area (Å²) < 4.78 is 4.77. The predicted octanol–water partition coefficient (Wildman–Crippen LogP) is -0.0700. The zero-order valence-electron chi connectivity index (χ0n) is 8.03. The molecule has 0 aromatic carbocycles. The molecule has 2 saturated carbocycles. The first kappa shape index (κ1) is 8.26. The molecule has 0 aromatic rings. The average molecular weight is 195 g/mol. The SMILES string of the molecule is COC(=O)C1C2CC3NC(=O)C1C3C2. The Morgan fingerprint density at radius 1 is 1.50 bits per heavy atom. The molecule has 1 heterocycles. The number of methoxy groups -OCH3 is 1. The summed E-state index contributed by atoms with van der Waals surface area (Å²) in [5.41, 5.74) is 0. The van der Waals surface area contributed by atoms with Crippen LogP contribution in [0.3, 0.4) is 0 Å². The molecule has 0 radical (unpaired) electrons. The van der Waals surface area contributed by atoms with E-state index in [4.69, 9.17) is 4.74 Å². The Balaban J connectivity index is 1.95. The minimum absolute atomic E-state index is 0.0652. The molecule has 4 nitrogen and oxygen atoms in total. The summed E-state index contributed by atoms with van der Waals surface area (Å²) in [5, 5.41) is 2.97. The highest BCUT2D eigenvalue weighted by Crippen LogP contribution is 2.55. The lowest BCUT2D eigenvalue weighted by Gasteiger charge is -2.23. The third kappa shape index (κ3) is 0.792. The molecule has 1 amide bonds. The van der Waals surface area contributed by atoms with Crippen LogP contribution in [0.4, 0.5) is 0 Å². The normalized spacial score (nSPS) is 48.1. The Bertz CT molecular complexity index is 312. The van der Waals surface area contributed by atoms with E-state index in [9.17, 15) is 9.59 Å². The molecular weight excluding hydrogens is 182 g/mol. The van der Waals surface area contributed by atoms with Crippen molar-refractivity contribution in [3.63, 3.8) is 0 Å². The number of ether oxygens (including phenoxy) is 1. The van der Waals surface area contributed by atoms with Gasteiger partial charge in [0.2, 0.25) is 5.91 Å². The first-order valence-corrected chi connectivity index (χ1v) is 5.10. The molecule has 3 rings (SSSR count). The zero-order valence-corrected chi connectivity index (χ0v) is 8.03. The largest absolute Gasteiger partial charge is 0.469 e. The molecule has 4 heteroatoms. The summed E-state index contributed by atoms with van der Waals surface area (Å²) in [6.07, 6.45) is 1.99. The van der Waals surface area contributed by atoms with Crippen molar-refractivity contribution in [2.45, 2.75) is 18.9 Å². The molecule has 2 bridgehead atoms. The fourth-order valence-corrected chi connectivity index (χ4v) is 3.64. The van der Waals surface area contributed by atoms with Gasteiger partial charge in [-0.2, -0.15) is 0 Å². The number of esters is 1. The Hall–Kier alpha value is -1.06. The number of fused-ring (bicyclic) bond motifs is 1. The molecule has 5 unspecified atom stereocenters. The van der Waals surface area contributed by atoms with Crippen LogP contribution < -0.4 is 5.32 Å². The monoisotopic (exact) mass is 195 g/mol. The first-order valence-electron chi connectivity index (χ1n) is 5.10. The summed E-state index contributed by atoms with van der Waals surface area (Å²) in [4.78, 5) is 23.1. The van der Waals surface area contributed by atoms with Crippen LogP contribution in [0, 0.1) is 23.7 Å². The van der Waals surface area contributed by atoms with Crippen molar-refractivity contribution in [2.75, 3.05) is 7.11 Å². The van der Waals surface area contributed by atoms with E-state index in [1.807, 2.05) is 0 Å². The van der Waals surface area contributed by atoms with Gasteiger partial charge in [-0.05, 0) is 24.7 Å². The van der Waals surface area contributed by atoms with Crippen molar-refractivity contribution in [2.24, 2.45) is 23.7 Å². The molecule has 1 aliphatic heterocycles. The second kappa shape index (κ2) is 2.49. The zero-order chi connectivity index (χ0) is 9.87. The van der Waals surface area contributed by atoms with Crippen LogP contribution in [0.2, 0.25) is 0 Å². The average Bonchev–Trinajstić information content (AvgIpc) is 2.75. The lowest BCUT2D eigenvalue weighted by atomic mass is 9.80. The number of carbonyl (C=O) groups excluding carboxylic acids is 2. The first-order chi connectivity index (χ1) is 6.72. The van der Waals surface area contributed by atoms with E-state index >= 15 is 0 Å². The fourth-order valence-electron chi connectivity index (χ4n) is 3.64. The lowest BCUT2D eigenvalue weighted by Crippen LogP contribution is -2.32. The molecular formula is C10H13NO3. The maximum atomic E-state index is 11.6. The van der Waals surface area contributed by atoms with Crippen LogP contribution in [-0.4, -0.2) is 25.0 Å². The van der Waals surface area contributed by atoms with Gasteiger partial charge < -0.3 is 10.1 Å². The van der Waals surface area contributed by atoms with Gasteiger partial charge in [-0.15, -0.1) is 0 Å². The number of nitrogens with one attached hydrogen (secondary N) is 1. The quantitative estimate of drug-likeness (QED) is 0.596. The van der Waals surface area contributed by atoms with Gasteiger partial charge in [-0.25, -0.2) is 0 Å². The van der Waals surface area contributed by atoms with Crippen molar-refractivity contribution in [3.8, 4) is 0 Å². The summed E-state index contributed by atoms with van der Waals surface area (Å²) in [6.45, 7) is 0. The fraction of sp³-hybridized carbons (Fsp3) is 0.800. The Kier molecular flexibility index (Phi) is 1.47. The van der Waals surface area contributed by atoms with E-state index < -0.39 is 0 Å². The van der Waals surface area contributed by atoms with Crippen molar-refractivity contribution < 1.29 is 14.3 Å². The number of hydrogen-bond acceptors (Lipinski definition) is 3. The van der Waals surface area contributed by atoms with E-state index in [1.54, 1.807) is 0 Å². The Labute approximate surface area is 82.0 Å². The molecule has 1 N–H and O–H groups in total. The van der Waals surface area contributed by atoms with Crippen molar-refractivity contribution in [3.05, 3.63) is 0 Å². The molecule has 1 saturated heterocycles. The van der Waals surface area contributed by atoms with Crippen LogP contribution in [0.25, 0.3) is 0 Å². The Morgan fingerprint density at radius 2 is 2.29 bits per heavy atom.